The van der Waals surface area contributed by atoms with Gasteiger partial charge >= 0.3 is 0 Å². The van der Waals surface area contributed by atoms with Crippen molar-refractivity contribution in [1.82, 2.24) is 10.2 Å². The standard InChI is InChI=1S/C16H26N2O3S/c1-12(15-4-3-9-22-15)16(20)17-13-5-7-18(8-6-13)10-14(19)11-21-2/h3-4,9,12-14,19H,5-8,10-11H2,1-2H3,(H,17,20). The predicted octanol–water partition coefficient (Wildman–Crippen LogP) is 1.44. The van der Waals surface area contributed by atoms with Gasteiger partial charge in [-0.05, 0) is 31.2 Å². The number of amides is 1. The molecule has 1 aliphatic rings. The Labute approximate surface area is 136 Å². The van der Waals surface area contributed by atoms with E-state index < -0.39 is 6.10 Å². The molecule has 1 aromatic heterocycles. The quantitative estimate of drug-likeness (QED) is 0.796. The first-order chi connectivity index (χ1) is 10.6. The largest absolute Gasteiger partial charge is 0.389 e. The number of rotatable bonds is 7. The Morgan fingerprint density at radius 2 is 2.27 bits per heavy atom. The number of thiophene rings is 1. The predicted molar refractivity (Wildman–Crippen MR) is 88.2 cm³/mol. The van der Waals surface area contributed by atoms with E-state index in [4.69, 9.17) is 4.74 Å². The zero-order chi connectivity index (χ0) is 15.9. The molecule has 1 saturated heterocycles. The summed E-state index contributed by atoms with van der Waals surface area (Å²) in [6, 6.07) is 4.23. The van der Waals surface area contributed by atoms with Gasteiger partial charge in [0.25, 0.3) is 0 Å². The van der Waals surface area contributed by atoms with Crippen LogP contribution in [0.15, 0.2) is 17.5 Å². The first-order valence-corrected chi connectivity index (χ1v) is 8.71. The second kappa shape index (κ2) is 8.62. The lowest BCUT2D eigenvalue weighted by Gasteiger charge is -2.33. The fraction of sp³-hybridized carbons (Fsp3) is 0.688. The van der Waals surface area contributed by atoms with Crippen molar-refractivity contribution in [3.05, 3.63) is 22.4 Å². The molecule has 2 N–H and O–H groups in total. The van der Waals surface area contributed by atoms with E-state index in [1.54, 1.807) is 18.4 Å². The highest BCUT2D eigenvalue weighted by molar-refractivity contribution is 7.10. The number of carbonyl (C=O) groups excluding carboxylic acids is 1. The Morgan fingerprint density at radius 3 is 2.86 bits per heavy atom. The van der Waals surface area contributed by atoms with Crippen molar-refractivity contribution >= 4 is 17.2 Å². The number of hydrogen-bond acceptors (Lipinski definition) is 5. The van der Waals surface area contributed by atoms with Crippen molar-refractivity contribution in [2.45, 2.75) is 37.8 Å². The molecule has 1 fully saturated rings. The number of piperidine rings is 1. The molecule has 0 saturated carbocycles. The summed E-state index contributed by atoms with van der Waals surface area (Å²) < 4.78 is 4.95. The number of carbonyl (C=O) groups is 1. The maximum absolute atomic E-state index is 12.3. The molecule has 0 radical (unpaired) electrons. The molecule has 2 unspecified atom stereocenters. The molecule has 1 amide bonds. The molecular formula is C16H26N2O3S. The molecule has 124 valence electrons. The van der Waals surface area contributed by atoms with Crippen LogP contribution >= 0.6 is 11.3 Å². The van der Waals surface area contributed by atoms with Gasteiger partial charge in [-0.3, -0.25) is 4.79 Å². The van der Waals surface area contributed by atoms with Crippen LogP contribution in [0.1, 0.15) is 30.6 Å². The first-order valence-electron chi connectivity index (χ1n) is 7.83. The lowest BCUT2D eigenvalue weighted by Crippen LogP contribution is -2.47. The number of methoxy groups -OCH3 is 1. The van der Waals surface area contributed by atoms with Gasteiger partial charge in [0.1, 0.15) is 0 Å². The van der Waals surface area contributed by atoms with Crippen LogP contribution in [0.25, 0.3) is 0 Å². The van der Waals surface area contributed by atoms with Crippen LogP contribution in [0.3, 0.4) is 0 Å². The Bertz CT molecular complexity index is 444. The molecule has 2 atom stereocenters. The minimum absolute atomic E-state index is 0.0819. The molecule has 1 aromatic rings. The zero-order valence-corrected chi connectivity index (χ0v) is 14.1. The molecule has 5 nitrogen and oxygen atoms in total. The summed E-state index contributed by atoms with van der Waals surface area (Å²) in [7, 11) is 1.60. The van der Waals surface area contributed by atoms with Crippen LogP contribution < -0.4 is 5.32 Å². The summed E-state index contributed by atoms with van der Waals surface area (Å²) in [6.45, 7) is 4.77. The van der Waals surface area contributed by atoms with Crippen LogP contribution in [0.5, 0.6) is 0 Å². The fourth-order valence-electron chi connectivity index (χ4n) is 2.80. The Kier molecular flexibility index (Phi) is 6.82. The van der Waals surface area contributed by atoms with Gasteiger partial charge < -0.3 is 20.1 Å². The topological polar surface area (TPSA) is 61.8 Å². The number of ether oxygens (including phenoxy) is 1. The summed E-state index contributed by atoms with van der Waals surface area (Å²) in [5.41, 5.74) is 0. The molecule has 2 heterocycles. The van der Waals surface area contributed by atoms with Gasteiger partial charge in [-0.15, -0.1) is 11.3 Å². The van der Waals surface area contributed by atoms with Crippen LogP contribution in [0, 0.1) is 0 Å². The van der Waals surface area contributed by atoms with E-state index in [0.717, 1.165) is 30.8 Å². The van der Waals surface area contributed by atoms with Crippen LogP contribution in [-0.2, 0) is 9.53 Å². The third-order valence-electron chi connectivity index (χ3n) is 4.13. The lowest BCUT2D eigenvalue weighted by atomic mass is 10.0. The van der Waals surface area contributed by atoms with E-state index >= 15 is 0 Å². The van der Waals surface area contributed by atoms with Gasteiger partial charge in [0.05, 0.1) is 18.6 Å². The van der Waals surface area contributed by atoms with Gasteiger partial charge in [0.15, 0.2) is 0 Å². The van der Waals surface area contributed by atoms with Crippen molar-refractivity contribution in [3.63, 3.8) is 0 Å². The van der Waals surface area contributed by atoms with Crippen molar-refractivity contribution < 1.29 is 14.6 Å². The highest BCUT2D eigenvalue weighted by Crippen LogP contribution is 2.21. The summed E-state index contributed by atoms with van der Waals surface area (Å²) in [4.78, 5) is 15.6. The second-order valence-electron chi connectivity index (χ2n) is 5.93. The third-order valence-corrected chi connectivity index (χ3v) is 5.18. The minimum atomic E-state index is -0.435. The van der Waals surface area contributed by atoms with Crippen molar-refractivity contribution in [3.8, 4) is 0 Å². The number of nitrogens with one attached hydrogen (secondary N) is 1. The molecule has 2 rings (SSSR count). The molecule has 22 heavy (non-hydrogen) atoms. The zero-order valence-electron chi connectivity index (χ0n) is 13.3. The van der Waals surface area contributed by atoms with E-state index in [0.29, 0.717) is 13.2 Å². The van der Waals surface area contributed by atoms with Crippen LogP contribution in [0.4, 0.5) is 0 Å². The first kappa shape index (κ1) is 17.4. The second-order valence-corrected chi connectivity index (χ2v) is 6.91. The molecule has 0 aliphatic carbocycles. The number of aliphatic hydroxyl groups is 1. The van der Waals surface area contributed by atoms with Crippen molar-refractivity contribution in [2.24, 2.45) is 0 Å². The monoisotopic (exact) mass is 326 g/mol. The van der Waals surface area contributed by atoms with Gasteiger partial charge in [-0.1, -0.05) is 6.07 Å². The average molecular weight is 326 g/mol. The van der Waals surface area contributed by atoms with Crippen molar-refractivity contribution in [2.75, 3.05) is 33.4 Å². The number of likely N-dealkylation sites (tertiary alicyclic amines) is 1. The Hall–Kier alpha value is -0.950. The summed E-state index contributed by atoms with van der Waals surface area (Å²) >= 11 is 1.62. The normalized spacial score (nSPS) is 19.8. The summed E-state index contributed by atoms with van der Waals surface area (Å²) in [6.07, 6.45) is 1.43. The maximum atomic E-state index is 12.3. The Balaban J connectivity index is 1.72. The van der Waals surface area contributed by atoms with Crippen LogP contribution in [0.2, 0.25) is 0 Å². The minimum Gasteiger partial charge on any atom is -0.389 e. The van der Waals surface area contributed by atoms with Crippen molar-refractivity contribution in [1.29, 1.82) is 0 Å². The van der Waals surface area contributed by atoms with Gasteiger partial charge in [0, 0.05) is 37.7 Å². The van der Waals surface area contributed by atoms with E-state index in [9.17, 15) is 9.90 Å². The SMILES string of the molecule is COCC(O)CN1CCC(NC(=O)C(C)c2cccs2)CC1. The molecule has 1 aliphatic heterocycles. The fourth-order valence-corrected chi connectivity index (χ4v) is 3.58. The summed E-state index contributed by atoms with van der Waals surface area (Å²) in [5, 5.41) is 14.9. The molecule has 6 heteroatoms. The molecule has 0 aromatic carbocycles. The van der Waals surface area contributed by atoms with E-state index in [1.807, 2.05) is 24.4 Å². The van der Waals surface area contributed by atoms with Gasteiger partial charge in [0.2, 0.25) is 5.91 Å². The Morgan fingerprint density at radius 1 is 1.55 bits per heavy atom. The van der Waals surface area contributed by atoms with Gasteiger partial charge in [-0.25, -0.2) is 0 Å². The third kappa shape index (κ3) is 5.05. The maximum Gasteiger partial charge on any atom is 0.228 e. The van der Waals surface area contributed by atoms with E-state index in [2.05, 4.69) is 10.2 Å². The number of aliphatic hydroxyl groups excluding tert-OH is 1. The average Bonchev–Trinajstić information content (AvgIpc) is 3.03. The van der Waals surface area contributed by atoms with E-state index in [1.165, 1.54) is 0 Å². The number of nitrogens with zero attached hydrogens (tertiary/aromatic N) is 1. The number of hydrogen-bond donors (Lipinski definition) is 2. The molecular weight excluding hydrogens is 300 g/mol. The summed E-state index contributed by atoms with van der Waals surface area (Å²) in [5.74, 6) is 0.0295. The molecule has 0 spiro atoms. The highest BCUT2D eigenvalue weighted by Gasteiger charge is 2.24. The molecule has 0 bridgehead atoms. The van der Waals surface area contributed by atoms with Crippen LogP contribution in [-0.4, -0.2) is 61.4 Å². The van der Waals surface area contributed by atoms with E-state index in [-0.39, 0.29) is 17.9 Å². The highest BCUT2D eigenvalue weighted by atomic mass is 32.1. The lowest BCUT2D eigenvalue weighted by molar-refractivity contribution is -0.123. The number of β-amino-alcohol motifs (C(OH)–C–C–N with tert-alkyl or cyclic N) is 1. The smallest absolute Gasteiger partial charge is 0.228 e. The van der Waals surface area contributed by atoms with Gasteiger partial charge in [-0.2, -0.15) is 0 Å².